The maximum Gasteiger partial charge on any atom is 0.254 e. The predicted octanol–water partition coefficient (Wildman–Crippen LogP) is 4.24. The first-order valence-electron chi connectivity index (χ1n) is 13.0. The van der Waals surface area contributed by atoms with Gasteiger partial charge >= 0.3 is 0 Å². The van der Waals surface area contributed by atoms with Crippen molar-refractivity contribution in [3.8, 4) is 11.5 Å². The van der Waals surface area contributed by atoms with E-state index in [2.05, 4.69) is 24.1 Å². The number of hydrogen-bond acceptors (Lipinski definition) is 5. The highest BCUT2D eigenvalue weighted by atomic mass is 19.1. The number of hydrogen-bond donors (Lipinski definition) is 1. The molecule has 2 heterocycles. The van der Waals surface area contributed by atoms with Crippen molar-refractivity contribution < 1.29 is 23.5 Å². The zero-order chi connectivity index (χ0) is 26.7. The molecule has 0 bridgehead atoms. The minimum atomic E-state index is -0.815. The van der Waals surface area contributed by atoms with E-state index >= 15 is 4.39 Å². The van der Waals surface area contributed by atoms with E-state index < -0.39 is 17.8 Å². The Morgan fingerprint density at radius 3 is 2.35 bits per heavy atom. The van der Waals surface area contributed by atoms with E-state index in [0.29, 0.717) is 46.6 Å². The number of amides is 2. The zero-order valence-corrected chi connectivity index (χ0v) is 22.4. The molecule has 2 aromatic rings. The molecule has 1 fully saturated rings. The summed E-state index contributed by atoms with van der Waals surface area (Å²) in [5, 5.41) is 3.08. The van der Waals surface area contributed by atoms with Gasteiger partial charge in [0.05, 0.1) is 26.2 Å². The van der Waals surface area contributed by atoms with Gasteiger partial charge in [-0.3, -0.25) is 9.59 Å². The third kappa shape index (κ3) is 5.59. The van der Waals surface area contributed by atoms with Crippen LogP contribution in [0.1, 0.15) is 60.1 Å². The number of nitrogens with zero attached hydrogens (tertiary/aromatic N) is 2. The summed E-state index contributed by atoms with van der Waals surface area (Å²) in [4.78, 5) is 31.1. The quantitative estimate of drug-likeness (QED) is 0.537. The molecule has 1 N–H and O–H groups in total. The van der Waals surface area contributed by atoms with Gasteiger partial charge in [-0.25, -0.2) is 4.39 Å². The van der Waals surface area contributed by atoms with Gasteiger partial charge in [0.2, 0.25) is 5.91 Å². The van der Waals surface area contributed by atoms with Crippen molar-refractivity contribution in [1.82, 2.24) is 15.1 Å². The number of benzene rings is 2. The standard InChI is InChI=1S/C29H38FN3O4/c1-18-13-19(2)17-33(16-18)12-8-11-31-28(34)26-21-14-24(36-4)25(37-5)15-22(21)29(35)32(3)27(26)20-9-6-7-10-23(20)30/h6-7,9-10,14-15,18-19,26-27H,8,11-13,16-17H2,1-5H3,(H,31,34)/t18-,19-,26+,27-/m1/s1. The van der Waals surface area contributed by atoms with Crippen LogP contribution in [0.4, 0.5) is 4.39 Å². The Balaban J connectivity index is 1.61. The highest BCUT2D eigenvalue weighted by molar-refractivity contribution is 6.02. The Hall–Kier alpha value is -3.13. The maximum atomic E-state index is 15.0. The van der Waals surface area contributed by atoms with Crippen molar-refractivity contribution in [1.29, 1.82) is 0 Å². The van der Waals surface area contributed by atoms with Gasteiger partial charge in [-0.05, 0) is 55.0 Å². The van der Waals surface area contributed by atoms with Crippen LogP contribution in [-0.4, -0.2) is 69.1 Å². The van der Waals surface area contributed by atoms with Crippen molar-refractivity contribution in [3.63, 3.8) is 0 Å². The molecule has 2 aliphatic heterocycles. The molecule has 0 radical (unpaired) electrons. The smallest absolute Gasteiger partial charge is 0.254 e. The van der Waals surface area contributed by atoms with Crippen molar-refractivity contribution in [2.45, 2.75) is 38.6 Å². The Bertz CT molecular complexity index is 1130. The molecule has 200 valence electrons. The monoisotopic (exact) mass is 511 g/mol. The first-order valence-corrected chi connectivity index (χ1v) is 13.0. The number of nitrogens with one attached hydrogen (secondary N) is 1. The number of halogens is 1. The van der Waals surface area contributed by atoms with Crippen LogP contribution >= 0.6 is 0 Å². The number of piperidine rings is 1. The van der Waals surface area contributed by atoms with Gasteiger partial charge in [0, 0.05) is 37.8 Å². The van der Waals surface area contributed by atoms with E-state index in [9.17, 15) is 9.59 Å². The highest BCUT2D eigenvalue weighted by Crippen LogP contribution is 2.46. The molecule has 4 atom stereocenters. The molecule has 0 aromatic heterocycles. The van der Waals surface area contributed by atoms with Gasteiger partial charge < -0.3 is 24.6 Å². The summed E-state index contributed by atoms with van der Waals surface area (Å²) in [6, 6.07) is 8.78. The number of rotatable bonds is 8. The van der Waals surface area contributed by atoms with Gasteiger partial charge in [0.25, 0.3) is 5.91 Å². The van der Waals surface area contributed by atoms with E-state index in [1.807, 2.05) is 0 Å². The fourth-order valence-electron chi connectivity index (χ4n) is 6.03. The van der Waals surface area contributed by atoms with Crippen LogP contribution in [0.15, 0.2) is 36.4 Å². The minimum Gasteiger partial charge on any atom is -0.493 e. The fourth-order valence-corrected chi connectivity index (χ4v) is 6.03. The Kier molecular flexibility index (Phi) is 8.37. The van der Waals surface area contributed by atoms with Crippen LogP contribution in [0.25, 0.3) is 0 Å². The predicted molar refractivity (Wildman–Crippen MR) is 141 cm³/mol. The molecule has 37 heavy (non-hydrogen) atoms. The number of likely N-dealkylation sites (N-methyl/N-ethyl adjacent to an activating group) is 1. The third-order valence-electron chi connectivity index (χ3n) is 7.58. The number of fused-ring (bicyclic) bond motifs is 1. The molecule has 1 saturated heterocycles. The van der Waals surface area contributed by atoms with Crippen molar-refractivity contribution in [2.75, 3.05) is 47.4 Å². The second kappa shape index (κ2) is 11.5. The van der Waals surface area contributed by atoms with E-state index in [1.165, 1.54) is 31.6 Å². The maximum absolute atomic E-state index is 15.0. The second-order valence-corrected chi connectivity index (χ2v) is 10.5. The molecule has 0 saturated carbocycles. The topological polar surface area (TPSA) is 71.1 Å². The van der Waals surface area contributed by atoms with Crippen molar-refractivity contribution in [3.05, 3.63) is 58.9 Å². The Morgan fingerprint density at radius 2 is 1.70 bits per heavy atom. The van der Waals surface area contributed by atoms with Crippen LogP contribution < -0.4 is 14.8 Å². The van der Waals surface area contributed by atoms with Crippen LogP contribution in [0.2, 0.25) is 0 Å². The molecular formula is C29H38FN3O4. The number of ether oxygens (including phenoxy) is 2. The molecule has 2 aromatic carbocycles. The molecule has 7 nitrogen and oxygen atoms in total. The average Bonchev–Trinajstić information content (AvgIpc) is 2.87. The molecule has 0 aliphatic carbocycles. The number of carbonyl (C=O) groups excluding carboxylic acids is 2. The van der Waals surface area contributed by atoms with E-state index in [4.69, 9.17) is 9.47 Å². The summed E-state index contributed by atoms with van der Waals surface area (Å²) in [5.41, 5.74) is 1.16. The van der Waals surface area contributed by atoms with Gasteiger partial charge in [0.1, 0.15) is 5.82 Å². The number of likely N-dealkylation sites (tertiary alicyclic amines) is 1. The highest BCUT2D eigenvalue weighted by Gasteiger charge is 2.44. The largest absolute Gasteiger partial charge is 0.493 e. The van der Waals surface area contributed by atoms with E-state index in [1.54, 1.807) is 37.4 Å². The fraction of sp³-hybridized carbons (Fsp3) is 0.517. The molecular weight excluding hydrogens is 473 g/mol. The van der Waals surface area contributed by atoms with Crippen LogP contribution in [0.5, 0.6) is 11.5 Å². The number of carbonyl (C=O) groups is 2. The second-order valence-electron chi connectivity index (χ2n) is 10.5. The van der Waals surface area contributed by atoms with Gasteiger partial charge in [-0.2, -0.15) is 0 Å². The summed E-state index contributed by atoms with van der Waals surface area (Å²) in [7, 11) is 4.61. The Labute approximate surface area is 218 Å². The molecule has 0 unspecified atom stereocenters. The summed E-state index contributed by atoms with van der Waals surface area (Å²) in [6.45, 7) is 8.15. The lowest BCUT2D eigenvalue weighted by atomic mass is 9.79. The van der Waals surface area contributed by atoms with Gasteiger partial charge in [-0.1, -0.05) is 32.0 Å². The average molecular weight is 512 g/mol. The van der Waals surface area contributed by atoms with Gasteiger partial charge in [-0.15, -0.1) is 0 Å². The lowest BCUT2D eigenvalue weighted by Gasteiger charge is -2.40. The normalized spacial score (nSPS) is 23.9. The van der Waals surface area contributed by atoms with Gasteiger partial charge in [0.15, 0.2) is 11.5 Å². The molecule has 0 spiro atoms. The Morgan fingerprint density at radius 1 is 1.05 bits per heavy atom. The summed E-state index contributed by atoms with van der Waals surface area (Å²) in [6.07, 6.45) is 2.07. The summed E-state index contributed by atoms with van der Waals surface area (Å²) >= 11 is 0. The first-order chi connectivity index (χ1) is 17.7. The van der Waals surface area contributed by atoms with E-state index in [-0.39, 0.29) is 11.8 Å². The van der Waals surface area contributed by atoms with E-state index in [0.717, 1.165) is 26.1 Å². The van der Waals surface area contributed by atoms with Crippen LogP contribution in [0.3, 0.4) is 0 Å². The minimum absolute atomic E-state index is 0.249. The number of methoxy groups -OCH3 is 2. The summed E-state index contributed by atoms with van der Waals surface area (Å²) < 4.78 is 25.9. The molecule has 8 heteroatoms. The lowest BCUT2D eigenvalue weighted by Crippen LogP contribution is -2.46. The van der Waals surface area contributed by atoms with Crippen LogP contribution in [0, 0.1) is 17.7 Å². The zero-order valence-electron chi connectivity index (χ0n) is 22.4. The SMILES string of the molecule is COc1cc2c(cc1OC)[C@H](C(=O)NCCCN1C[C@H](C)C[C@@H](C)C1)[C@@H](c1ccccc1F)N(C)C2=O. The van der Waals surface area contributed by atoms with Crippen molar-refractivity contribution >= 4 is 11.8 Å². The third-order valence-corrected chi connectivity index (χ3v) is 7.58. The summed E-state index contributed by atoms with van der Waals surface area (Å²) in [5.74, 6) is 0.348. The first kappa shape index (κ1) is 26.9. The molecule has 4 rings (SSSR count). The lowest BCUT2D eigenvalue weighted by molar-refractivity contribution is -0.124. The molecule has 2 aliphatic rings. The van der Waals surface area contributed by atoms with Crippen LogP contribution in [-0.2, 0) is 4.79 Å². The molecule has 2 amide bonds. The van der Waals surface area contributed by atoms with Crippen molar-refractivity contribution in [2.24, 2.45) is 11.8 Å².